The van der Waals surface area contributed by atoms with Gasteiger partial charge in [-0.05, 0) is 42.3 Å². The molecule has 2 aliphatic heterocycles. The first-order valence-electron chi connectivity index (χ1n) is 13.1. The summed E-state index contributed by atoms with van der Waals surface area (Å²) in [6.45, 7) is -0.368. The van der Waals surface area contributed by atoms with Crippen LogP contribution < -0.4 is 10.1 Å². The average Bonchev–Trinajstić information content (AvgIpc) is 3.68. The quantitative estimate of drug-likeness (QED) is 0.532. The molecule has 0 spiro atoms. The molecule has 1 N–H and O–H groups in total. The highest BCUT2D eigenvalue weighted by Gasteiger charge is 2.55. The van der Waals surface area contributed by atoms with Gasteiger partial charge >= 0.3 is 11.2 Å². The van der Waals surface area contributed by atoms with E-state index in [1.165, 1.54) is 34.6 Å². The number of Topliss-reactive ketones (excluding diaryl/α,β-unsaturated/α-hetero) is 1. The third kappa shape index (κ3) is 5.75. The van der Waals surface area contributed by atoms with Crippen molar-refractivity contribution in [3.05, 3.63) is 46.9 Å². The molecular weight excluding hydrogens is 544 g/mol. The van der Waals surface area contributed by atoms with Crippen LogP contribution in [0.25, 0.3) is 0 Å². The van der Waals surface area contributed by atoms with Gasteiger partial charge in [-0.3, -0.25) is 19.4 Å². The summed E-state index contributed by atoms with van der Waals surface area (Å²) in [5.74, 6) is -0.300. The summed E-state index contributed by atoms with van der Waals surface area (Å²) in [5, 5.41) is 4.95. The Balaban J connectivity index is 1.33. The van der Waals surface area contributed by atoms with Crippen molar-refractivity contribution in [2.75, 3.05) is 13.1 Å². The Hall–Kier alpha value is -3.16. The minimum absolute atomic E-state index is 0.131. The number of carbonyl (C=O) groups excluding carboxylic acids is 4. The molecule has 0 bridgehead atoms. The second-order valence-corrected chi connectivity index (χ2v) is 12.7. The molecule has 2 aromatic rings. The lowest BCUT2D eigenvalue weighted by Gasteiger charge is -2.31. The molecule has 3 atom stereocenters. The summed E-state index contributed by atoms with van der Waals surface area (Å²) in [5.41, 5.74) is -0.236. The van der Waals surface area contributed by atoms with Crippen LogP contribution in [-0.4, -0.2) is 76.7 Å². The van der Waals surface area contributed by atoms with Gasteiger partial charge in [-0.1, -0.05) is 38.2 Å². The van der Waals surface area contributed by atoms with Gasteiger partial charge in [-0.2, -0.15) is 4.31 Å². The maximum absolute atomic E-state index is 13.8. The van der Waals surface area contributed by atoms with Crippen LogP contribution in [-0.2, 0) is 19.6 Å². The lowest BCUT2D eigenvalue weighted by molar-refractivity contribution is -0.138. The minimum atomic E-state index is -4.53. The molecular formula is C26H30N4O7S2. The van der Waals surface area contributed by atoms with Gasteiger partial charge in [0.15, 0.2) is 5.78 Å². The van der Waals surface area contributed by atoms with E-state index in [9.17, 15) is 27.6 Å². The number of hydrogen-bond acceptors (Lipinski definition) is 9. The van der Waals surface area contributed by atoms with E-state index in [0.29, 0.717) is 12.2 Å². The molecule has 11 nitrogen and oxygen atoms in total. The van der Waals surface area contributed by atoms with Gasteiger partial charge < -0.3 is 15.0 Å². The molecule has 5 rings (SSSR count). The molecule has 3 fully saturated rings. The zero-order valence-corrected chi connectivity index (χ0v) is 22.9. The average molecular weight is 575 g/mol. The molecule has 0 aromatic carbocycles. The second kappa shape index (κ2) is 11.5. The topological polar surface area (TPSA) is 143 Å². The third-order valence-electron chi connectivity index (χ3n) is 7.67. The van der Waals surface area contributed by atoms with Crippen molar-refractivity contribution < 1.29 is 32.3 Å². The smallest absolute Gasteiger partial charge is 0.409 e. The van der Waals surface area contributed by atoms with E-state index >= 15 is 0 Å². The molecule has 1 aliphatic carbocycles. The summed E-state index contributed by atoms with van der Waals surface area (Å²) in [6, 6.07) is 3.22. The molecule has 208 valence electrons. The Morgan fingerprint density at radius 3 is 2.62 bits per heavy atom. The number of nitrogens with one attached hydrogen (secondary N) is 1. The Morgan fingerprint density at radius 1 is 1.13 bits per heavy atom. The first-order valence-corrected chi connectivity index (χ1v) is 15.4. The lowest BCUT2D eigenvalue weighted by atomic mass is 9.84. The number of carbonyl (C=O) groups is 4. The van der Waals surface area contributed by atoms with E-state index in [1.54, 1.807) is 22.9 Å². The molecule has 2 amide bonds. The standard InChI is InChI=1S/C26H30N4O7S2/c31-22-15-30(39(35,36)25(33)19-8-4-5-11-27-19)21-9-12-29(23(21)22)24(32)20(14-17-6-2-1-3-7-17)28-26(34)37-18-10-13-38-16-18/h4-5,8,10-11,13,16-17,20-21,23H,1-3,6-7,9,12,14-15H2,(H,28,34). The SMILES string of the molecule is O=C(NC(CC1CCCCC1)C(=O)N1CCC2C1C(=O)CN2S(=O)(=O)C(=O)c1ccccn1)Oc1ccsc1. The highest BCUT2D eigenvalue weighted by molar-refractivity contribution is 8.04. The number of aromatic nitrogens is 1. The van der Waals surface area contributed by atoms with E-state index in [1.807, 2.05) is 0 Å². The van der Waals surface area contributed by atoms with Gasteiger partial charge in [0.1, 0.15) is 23.5 Å². The molecule has 4 heterocycles. The number of likely N-dealkylation sites (tertiary alicyclic amines) is 1. The summed E-state index contributed by atoms with van der Waals surface area (Å²) in [7, 11) is -4.53. The van der Waals surface area contributed by atoms with Crippen molar-refractivity contribution in [2.24, 2.45) is 5.92 Å². The number of sulfonamides is 1. The third-order valence-corrected chi connectivity index (χ3v) is 10.0. The van der Waals surface area contributed by atoms with Crippen molar-refractivity contribution in [1.29, 1.82) is 0 Å². The van der Waals surface area contributed by atoms with Gasteiger partial charge in [0.2, 0.25) is 5.91 Å². The number of ether oxygens (including phenoxy) is 1. The fraction of sp³-hybridized carbons (Fsp3) is 0.500. The minimum Gasteiger partial charge on any atom is -0.409 e. The Bertz CT molecular complexity index is 1330. The molecule has 39 heavy (non-hydrogen) atoms. The summed E-state index contributed by atoms with van der Waals surface area (Å²) in [4.78, 5) is 57.6. The van der Waals surface area contributed by atoms with Crippen LogP contribution in [0.15, 0.2) is 41.2 Å². The molecule has 0 radical (unpaired) electrons. The number of fused-ring (bicyclic) bond motifs is 1. The van der Waals surface area contributed by atoms with Gasteiger partial charge in [-0.25, -0.2) is 13.2 Å². The van der Waals surface area contributed by atoms with E-state index in [4.69, 9.17) is 4.74 Å². The normalized spacial score (nSPS) is 22.9. The largest absolute Gasteiger partial charge is 0.413 e. The number of ketones is 1. The monoisotopic (exact) mass is 574 g/mol. The second-order valence-electron chi connectivity index (χ2n) is 10.1. The Labute approximate surface area is 230 Å². The first-order chi connectivity index (χ1) is 18.8. The Kier molecular flexibility index (Phi) is 8.10. The number of nitrogens with zero attached hydrogens (tertiary/aromatic N) is 3. The lowest BCUT2D eigenvalue weighted by Crippen LogP contribution is -2.53. The van der Waals surface area contributed by atoms with E-state index in [0.717, 1.165) is 36.4 Å². The molecule has 3 unspecified atom stereocenters. The number of thiophene rings is 1. The van der Waals surface area contributed by atoms with Crippen LogP contribution in [0.4, 0.5) is 4.79 Å². The number of amides is 2. The summed E-state index contributed by atoms with van der Waals surface area (Å²) >= 11 is 1.37. The van der Waals surface area contributed by atoms with Crippen molar-refractivity contribution in [3.8, 4) is 5.75 Å². The van der Waals surface area contributed by atoms with Crippen molar-refractivity contribution in [1.82, 2.24) is 19.5 Å². The molecule has 13 heteroatoms. The van der Waals surface area contributed by atoms with Crippen LogP contribution in [0.2, 0.25) is 0 Å². The molecule has 2 saturated heterocycles. The highest BCUT2D eigenvalue weighted by Crippen LogP contribution is 2.34. The van der Waals surface area contributed by atoms with Crippen molar-refractivity contribution in [2.45, 2.75) is 63.1 Å². The zero-order valence-electron chi connectivity index (χ0n) is 21.2. The highest BCUT2D eigenvalue weighted by atomic mass is 32.2. The Morgan fingerprint density at radius 2 is 1.92 bits per heavy atom. The molecule has 2 aromatic heterocycles. The molecule has 3 aliphatic rings. The maximum Gasteiger partial charge on any atom is 0.413 e. The number of rotatable bonds is 7. The first kappa shape index (κ1) is 27.4. The summed E-state index contributed by atoms with van der Waals surface area (Å²) in [6.07, 6.45) is 6.28. The predicted octanol–water partition coefficient (Wildman–Crippen LogP) is 2.59. The van der Waals surface area contributed by atoms with E-state index in [2.05, 4.69) is 10.3 Å². The van der Waals surface area contributed by atoms with E-state index < -0.39 is 57.6 Å². The number of hydrogen-bond donors (Lipinski definition) is 1. The van der Waals surface area contributed by atoms with Crippen LogP contribution in [0, 0.1) is 5.92 Å². The fourth-order valence-corrected chi connectivity index (χ4v) is 7.85. The van der Waals surface area contributed by atoms with Crippen molar-refractivity contribution in [3.63, 3.8) is 0 Å². The van der Waals surface area contributed by atoms with Crippen molar-refractivity contribution >= 4 is 44.3 Å². The van der Waals surface area contributed by atoms with Gasteiger partial charge in [-0.15, -0.1) is 11.3 Å². The fourth-order valence-electron chi connectivity index (χ4n) is 5.83. The van der Waals surface area contributed by atoms with Gasteiger partial charge in [0.25, 0.3) is 10.0 Å². The van der Waals surface area contributed by atoms with Crippen LogP contribution in [0.1, 0.15) is 55.4 Å². The maximum atomic E-state index is 13.8. The van der Waals surface area contributed by atoms with Gasteiger partial charge in [0.05, 0.1) is 12.6 Å². The molecule has 1 saturated carbocycles. The van der Waals surface area contributed by atoms with Gasteiger partial charge in [0, 0.05) is 18.1 Å². The zero-order chi connectivity index (χ0) is 27.6. The van der Waals surface area contributed by atoms with Crippen LogP contribution >= 0.6 is 11.3 Å². The number of pyridine rings is 1. The van der Waals surface area contributed by atoms with E-state index in [-0.39, 0.29) is 24.6 Å². The van der Waals surface area contributed by atoms with Crippen LogP contribution in [0.3, 0.4) is 0 Å². The predicted molar refractivity (Wildman–Crippen MR) is 142 cm³/mol. The van der Waals surface area contributed by atoms with Crippen LogP contribution in [0.5, 0.6) is 5.75 Å². The summed E-state index contributed by atoms with van der Waals surface area (Å²) < 4.78 is 32.6.